The maximum atomic E-state index is 11.9. The highest BCUT2D eigenvalue weighted by molar-refractivity contribution is 5.75. The van der Waals surface area contributed by atoms with Crippen molar-refractivity contribution in [2.75, 3.05) is 33.4 Å². The Morgan fingerprint density at radius 3 is 3.00 bits per heavy atom. The lowest BCUT2D eigenvalue weighted by molar-refractivity contribution is 0.0133. The van der Waals surface area contributed by atoms with Crippen LogP contribution in [-0.2, 0) is 4.74 Å². The van der Waals surface area contributed by atoms with Crippen LogP contribution in [0.25, 0.3) is 0 Å². The number of morpholine rings is 1. The van der Waals surface area contributed by atoms with E-state index in [2.05, 4.69) is 10.6 Å². The maximum absolute atomic E-state index is 11.9. The van der Waals surface area contributed by atoms with E-state index in [1.807, 2.05) is 11.9 Å². The SMILES string of the molecule is CNCC1COCCN1C(=O)NC1CC1. The Morgan fingerprint density at radius 2 is 2.33 bits per heavy atom. The Hall–Kier alpha value is -0.810. The summed E-state index contributed by atoms with van der Waals surface area (Å²) in [6.45, 7) is 2.78. The van der Waals surface area contributed by atoms with E-state index in [1.165, 1.54) is 0 Å². The molecule has 1 atom stereocenters. The zero-order valence-electron chi connectivity index (χ0n) is 9.16. The molecule has 86 valence electrons. The Balaban J connectivity index is 1.87. The molecule has 1 aliphatic heterocycles. The normalized spacial score (nSPS) is 26.5. The van der Waals surface area contributed by atoms with Crippen molar-refractivity contribution >= 4 is 6.03 Å². The molecule has 1 unspecified atom stereocenters. The number of hydrogen-bond acceptors (Lipinski definition) is 3. The molecule has 1 heterocycles. The molecule has 0 aromatic heterocycles. The first kappa shape index (κ1) is 10.7. The van der Waals surface area contributed by atoms with Gasteiger partial charge in [-0.15, -0.1) is 0 Å². The third kappa shape index (κ3) is 2.82. The van der Waals surface area contributed by atoms with Gasteiger partial charge < -0.3 is 20.3 Å². The number of nitrogens with zero attached hydrogens (tertiary/aromatic N) is 1. The molecule has 2 fully saturated rings. The van der Waals surface area contributed by atoms with E-state index in [-0.39, 0.29) is 12.1 Å². The van der Waals surface area contributed by atoms with Gasteiger partial charge in [0.05, 0.1) is 19.3 Å². The van der Waals surface area contributed by atoms with Gasteiger partial charge >= 0.3 is 6.03 Å². The predicted molar refractivity (Wildman–Crippen MR) is 56.8 cm³/mol. The number of nitrogens with one attached hydrogen (secondary N) is 2. The van der Waals surface area contributed by atoms with Crippen LogP contribution in [0.4, 0.5) is 4.79 Å². The fraction of sp³-hybridized carbons (Fsp3) is 0.900. The molecule has 0 aromatic rings. The molecule has 0 aromatic carbocycles. The number of likely N-dealkylation sites (N-methyl/N-ethyl adjacent to an activating group) is 1. The van der Waals surface area contributed by atoms with Gasteiger partial charge in [-0.3, -0.25) is 0 Å². The summed E-state index contributed by atoms with van der Waals surface area (Å²) in [7, 11) is 1.89. The van der Waals surface area contributed by atoms with Crippen molar-refractivity contribution in [2.24, 2.45) is 0 Å². The average molecular weight is 213 g/mol. The lowest BCUT2D eigenvalue weighted by atomic mass is 10.2. The zero-order chi connectivity index (χ0) is 10.7. The van der Waals surface area contributed by atoms with Crippen molar-refractivity contribution in [3.8, 4) is 0 Å². The van der Waals surface area contributed by atoms with Crippen LogP contribution >= 0.6 is 0 Å². The van der Waals surface area contributed by atoms with E-state index in [0.29, 0.717) is 25.8 Å². The number of carbonyl (C=O) groups excluding carboxylic acids is 1. The minimum atomic E-state index is 0.0704. The van der Waals surface area contributed by atoms with E-state index in [0.717, 1.165) is 19.4 Å². The van der Waals surface area contributed by atoms with Gasteiger partial charge in [0, 0.05) is 19.1 Å². The molecule has 1 aliphatic carbocycles. The third-order valence-electron chi connectivity index (χ3n) is 2.83. The number of rotatable bonds is 3. The van der Waals surface area contributed by atoms with E-state index in [9.17, 15) is 4.79 Å². The molecule has 0 radical (unpaired) electrons. The lowest BCUT2D eigenvalue weighted by Crippen LogP contribution is -2.55. The van der Waals surface area contributed by atoms with Crippen molar-refractivity contribution in [2.45, 2.75) is 24.9 Å². The van der Waals surface area contributed by atoms with Crippen LogP contribution in [0.15, 0.2) is 0 Å². The van der Waals surface area contributed by atoms with E-state index >= 15 is 0 Å². The summed E-state index contributed by atoms with van der Waals surface area (Å²) in [6, 6.07) is 0.666. The highest BCUT2D eigenvalue weighted by Gasteiger charge is 2.30. The molecule has 15 heavy (non-hydrogen) atoms. The quantitative estimate of drug-likeness (QED) is 0.681. The number of urea groups is 1. The summed E-state index contributed by atoms with van der Waals surface area (Å²) < 4.78 is 5.37. The van der Waals surface area contributed by atoms with Crippen LogP contribution in [-0.4, -0.2) is 56.4 Å². The van der Waals surface area contributed by atoms with Crippen molar-refractivity contribution in [3.05, 3.63) is 0 Å². The Bertz CT molecular complexity index is 229. The fourth-order valence-electron chi connectivity index (χ4n) is 1.81. The molecular weight excluding hydrogens is 194 g/mol. The van der Waals surface area contributed by atoms with Crippen molar-refractivity contribution < 1.29 is 9.53 Å². The van der Waals surface area contributed by atoms with Crippen LogP contribution in [0.5, 0.6) is 0 Å². The monoisotopic (exact) mass is 213 g/mol. The van der Waals surface area contributed by atoms with Gasteiger partial charge in [-0.2, -0.15) is 0 Å². The Kier molecular flexibility index (Phi) is 3.43. The van der Waals surface area contributed by atoms with Gasteiger partial charge in [0.25, 0.3) is 0 Å². The van der Waals surface area contributed by atoms with Crippen LogP contribution in [0, 0.1) is 0 Å². The highest BCUT2D eigenvalue weighted by Crippen LogP contribution is 2.19. The standard InChI is InChI=1S/C10H19N3O2/c1-11-6-9-7-15-5-4-13(9)10(14)12-8-2-3-8/h8-9,11H,2-7H2,1H3,(H,12,14). The van der Waals surface area contributed by atoms with E-state index < -0.39 is 0 Å². The lowest BCUT2D eigenvalue weighted by Gasteiger charge is -2.35. The van der Waals surface area contributed by atoms with Crippen molar-refractivity contribution in [1.82, 2.24) is 15.5 Å². The zero-order valence-corrected chi connectivity index (χ0v) is 9.16. The molecule has 2 N–H and O–H groups in total. The number of amides is 2. The van der Waals surface area contributed by atoms with Gasteiger partial charge in [-0.25, -0.2) is 4.79 Å². The van der Waals surface area contributed by atoms with Crippen molar-refractivity contribution in [1.29, 1.82) is 0 Å². The fourth-order valence-corrected chi connectivity index (χ4v) is 1.81. The van der Waals surface area contributed by atoms with Gasteiger partial charge in [0.15, 0.2) is 0 Å². The number of carbonyl (C=O) groups is 1. The highest BCUT2D eigenvalue weighted by atomic mass is 16.5. The Morgan fingerprint density at radius 1 is 1.53 bits per heavy atom. The van der Waals surface area contributed by atoms with Crippen molar-refractivity contribution in [3.63, 3.8) is 0 Å². The molecule has 5 nitrogen and oxygen atoms in total. The van der Waals surface area contributed by atoms with Gasteiger partial charge in [0.2, 0.25) is 0 Å². The van der Waals surface area contributed by atoms with Gasteiger partial charge in [-0.1, -0.05) is 0 Å². The number of hydrogen-bond donors (Lipinski definition) is 2. The van der Waals surface area contributed by atoms with E-state index in [1.54, 1.807) is 0 Å². The molecular formula is C10H19N3O2. The molecule has 0 bridgehead atoms. The largest absolute Gasteiger partial charge is 0.377 e. The smallest absolute Gasteiger partial charge is 0.318 e. The second-order valence-electron chi connectivity index (χ2n) is 4.20. The Labute approximate surface area is 90.1 Å². The minimum absolute atomic E-state index is 0.0704. The second-order valence-corrected chi connectivity index (χ2v) is 4.20. The molecule has 2 aliphatic rings. The molecule has 2 rings (SSSR count). The van der Waals surface area contributed by atoms with Crippen LogP contribution < -0.4 is 10.6 Å². The van der Waals surface area contributed by atoms with Crippen LogP contribution in [0.1, 0.15) is 12.8 Å². The van der Waals surface area contributed by atoms with Crippen LogP contribution in [0.3, 0.4) is 0 Å². The summed E-state index contributed by atoms with van der Waals surface area (Å²) >= 11 is 0. The van der Waals surface area contributed by atoms with E-state index in [4.69, 9.17) is 4.74 Å². The van der Waals surface area contributed by atoms with Gasteiger partial charge in [0.1, 0.15) is 0 Å². The minimum Gasteiger partial charge on any atom is -0.377 e. The topological polar surface area (TPSA) is 53.6 Å². The molecule has 1 saturated carbocycles. The molecule has 2 amide bonds. The van der Waals surface area contributed by atoms with Crippen LogP contribution in [0.2, 0.25) is 0 Å². The van der Waals surface area contributed by atoms with Gasteiger partial charge in [-0.05, 0) is 19.9 Å². The summed E-state index contributed by atoms with van der Waals surface area (Å²) in [5.74, 6) is 0. The summed E-state index contributed by atoms with van der Waals surface area (Å²) in [5.41, 5.74) is 0. The summed E-state index contributed by atoms with van der Waals surface area (Å²) in [5, 5.41) is 6.11. The molecule has 5 heteroatoms. The number of ether oxygens (including phenoxy) is 1. The average Bonchev–Trinajstić information content (AvgIpc) is 3.03. The third-order valence-corrected chi connectivity index (χ3v) is 2.83. The first-order valence-electron chi connectivity index (χ1n) is 5.60. The first-order valence-corrected chi connectivity index (χ1v) is 5.60. The second kappa shape index (κ2) is 4.81. The predicted octanol–water partition coefficient (Wildman–Crippen LogP) is -0.221. The molecule has 0 spiro atoms. The summed E-state index contributed by atoms with van der Waals surface area (Å²) in [6.07, 6.45) is 2.26. The first-order chi connectivity index (χ1) is 7.31. The maximum Gasteiger partial charge on any atom is 0.318 e. The summed E-state index contributed by atoms with van der Waals surface area (Å²) in [4.78, 5) is 13.8. The molecule has 1 saturated heterocycles.